The van der Waals surface area contributed by atoms with E-state index in [1.165, 1.54) is 23.5 Å². The first-order valence-corrected chi connectivity index (χ1v) is 7.94. The first-order valence-electron chi connectivity index (χ1n) is 6.68. The number of aromatic nitrogens is 1. The Morgan fingerprint density at radius 3 is 2.87 bits per heavy atom. The van der Waals surface area contributed by atoms with Crippen LogP contribution in [0.15, 0.2) is 54.0 Å². The van der Waals surface area contributed by atoms with Gasteiger partial charge in [0.15, 0.2) is 5.13 Å². The third-order valence-electron chi connectivity index (χ3n) is 3.02. The highest BCUT2D eigenvalue weighted by Crippen LogP contribution is 2.27. The van der Waals surface area contributed by atoms with Crippen LogP contribution >= 0.6 is 22.9 Å². The van der Waals surface area contributed by atoms with E-state index in [9.17, 15) is 9.90 Å². The van der Waals surface area contributed by atoms with Crippen molar-refractivity contribution < 1.29 is 9.90 Å². The number of carbonyl (C=O) groups is 1. The topological polar surface area (TPSA) is 74.2 Å². The molecule has 0 saturated carbocycles. The van der Waals surface area contributed by atoms with Crippen LogP contribution in [-0.4, -0.2) is 16.0 Å². The normalized spacial score (nSPS) is 10.3. The van der Waals surface area contributed by atoms with Gasteiger partial charge >= 0.3 is 0 Å². The van der Waals surface area contributed by atoms with Gasteiger partial charge in [0.25, 0.3) is 5.91 Å². The number of rotatable bonds is 4. The smallest absolute Gasteiger partial charge is 0.255 e. The summed E-state index contributed by atoms with van der Waals surface area (Å²) in [6.07, 6.45) is 1.70. The maximum atomic E-state index is 12.3. The van der Waals surface area contributed by atoms with E-state index >= 15 is 0 Å². The second-order valence-electron chi connectivity index (χ2n) is 4.66. The van der Waals surface area contributed by atoms with Crippen LogP contribution in [0.3, 0.4) is 0 Å². The zero-order valence-corrected chi connectivity index (χ0v) is 13.4. The molecule has 3 N–H and O–H groups in total. The number of amides is 1. The molecule has 116 valence electrons. The Labute approximate surface area is 141 Å². The van der Waals surface area contributed by atoms with Gasteiger partial charge in [-0.15, -0.1) is 11.3 Å². The van der Waals surface area contributed by atoms with Gasteiger partial charge in [0, 0.05) is 27.9 Å². The Hall–Kier alpha value is -2.57. The van der Waals surface area contributed by atoms with Crippen molar-refractivity contribution in [1.29, 1.82) is 0 Å². The predicted molar refractivity (Wildman–Crippen MR) is 92.9 cm³/mol. The maximum Gasteiger partial charge on any atom is 0.255 e. The van der Waals surface area contributed by atoms with Crippen molar-refractivity contribution in [3.05, 3.63) is 64.6 Å². The SMILES string of the molecule is O=C(Nc1cc(Cl)ccc1O)c1cccc(Nc2nccs2)c1. The number of aromatic hydroxyl groups is 1. The van der Waals surface area contributed by atoms with Crippen LogP contribution in [0.5, 0.6) is 5.75 Å². The molecular weight excluding hydrogens is 334 g/mol. The highest BCUT2D eigenvalue weighted by molar-refractivity contribution is 7.13. The Kier molecular flexibility index (Phi) is 4.45. The summed E-state index contributed by atoms with van der Waals surface area (Å²) >= 11 is 7.34. The van der Waals surface area contributed by atoms with Gasteiger partial charge in [0.05, 0.1) is 5.69 Å². The molecule has 0 bridgehead atoms. The number of nitrogens with zero attached hydrogens (tertiary/aromatic N) is 1. The minimum Gasteiger partial charge on any atom is -0.506 e. The lowest BCUT2D eigenvalue weighted by atomic mass is 10.2. The zero-order chi connectivity index (χ0) is 16.2. The van der Waals surface area contributed by atoms with Crippen LogP contribution in [0.1, 0.15) is 10.4 Å². The number of benzene rings is 2. The molecule has 2 aromatic carbocycles. The zero-order valence-electron chi connectivity index (χ0n) is 11.8. The lowest BCUT2D eigenvalue weighted by Crippen LogP contribution is -2.12. The van der Waals surface area contributed by atoms with E-state index < -0.39 is 0 Å². The van der Waals surface area contributed by atoms with Crippen molar-refractivity contribution in [2.45, 2.75) is 0 Å². The third-order valence-corrected chi connectivity index (χ3v) is 3.94. The Bertz CT molecular complexity index is 837. The fourth-order valence-electron chi connectivity index (χ4n) is 1.95. The Morgan fingerprint density at radius 2 is 2.09 bits per heavy atom. The molecule has 0 aliphatic heterocycles. The largest absolute Gasteiger partial charge is 0.506 e. The molecule has 5 nitrogen and oxygen atoms in total. The van der Waals surface area contributed by atoms with Gasteiger partial charge in [-0.1, -0.05) is 17.7 Å². The van der Waals surface area contributed by atoms with Crippen molar-refractivity contribution in [1.82, 2.24) is 4.98 Å². The summed E-state index contributed by atoms with van der Waals surface area (Å²) in [5.41, 5.74) is 1.47. The Balaban J connectivity index is 1.78. The molecular formula is C16H12ClN3O2S. The lowest BCUT2D eigenvalue weighted by molar-refractivity contribution is 0.102. The summed E-state index contributed by atoms with van der Waals surface area (Å²) in [6, 6.07) is 11.5. The molecule has 0 unspecified atom stereocenters. The summed E-state index contributed by atoms with van der Waals surface area (Å²) in [6.45, 7) is 0. The molecule has 1 heterocycles. The van der Waals surface area contributed by atoms with Gasteiger partial charge < -0.3 is 15.7 Å². The lowest BCUT2D eigenvalue weighted by Gasteiger charge is -2.09. The molecule has 23 heavy (non-hydrogen) atoms. The van der Waals surface area contributed by atoms with Crippen molar-refractivity contribution >= 4 is 45.4 Å². The predicted octanol–water partition coefficient (Wildman–Crippen LogP) is 4.50. The van der Waals surface area contributed by atoms with Crippen LogP contribution in [0.2, 0.25) is 5.02 Å². The van der Waals surface area contributed by atoms with E-state index in [1.54, 1.807) is 30.5 Å². The number of anilines is 3. The highest BCUT2D eigenvalue weighted by atomic mass is 35.5. The van der Waals surface area contributed by atoms with Gasteiger partial charge in [0.2, 0.25) is 0 Å². The molecule has 0 saturated heterocycles. The number of hydrogen-bond acceptors (Lipinski definition) is 5. The van der Waals surface area contributed by atoms with Crippen LogP contribution in [0.25, 0.3) is 0 Å². The number of thiazole rings is 1. The van der Waals surface area contributed by atoms with Gasteiger partial charge in [0.1, 0.15) is 5.75 Å². The van der Waals surface area contributed by atoms with Crippen LogP contribution in [0.4, 0.5) is 16.5 Å². The second-order valence-corrected chi connectivity index (χ2v) is 5.99. The standard InChI is InChI=1S/C16H12ClN3O2S/c17-11-4-5-14(21)13(9-11)20-15(22)10-2-1-3-12(8-10)19-16-18-6-7-23-16/h1-9,21H,(H,18,19)(H,20,22). The monoisotopic (exact) mass is 345 g/mol. The molecule has 0 aliphatic carbocycles. The van der Waals surface area contributed by atoms with Gasteiger partial charge in [-0.05, 0) is 36.4 Å². The average Bonchev–Trinajstić information content (AvgIpc) is 3.04. The first kappa shape index (κ1) is 15.3. The summed E-state index contributed by atoms with van der Waals surface area (Å²) in [5.74, 6) is -0.384. The Morgan fingerprint density at radius 1 is 1.22 bits per heavy atom. The van der Waals surface area contributed by atoms with E-state index in [1.807, 2.05) is 11.4 Å². The summed E-state index contributed by atoms with van der Waals surface area (Å²) in [7, 11) is 0. The average molecular weight is 346 g/mol. The fraction of sp³-hybridized carbons (Fsp3) is 0. The molecule has 1 amide bonds. The fourth-order valence-corrected chi connectivity index (χ4v) is 2.67. The minimum atomic E-state index is -0.342. The number of halogens is 1. The van der Waals surface area contributed by atoms with Crippen molar-refractivity contribution in [3.8, 4) is 5.75 Å². The van der Waals surface area contributed by atoms with Crippen LogP contribution < -0.4 is 10.6 Å². The summed E-state index contributed by atoms with van der Waals surface area (Å²) in [4.78, 5) is 16.5. The van der Waals surface area contributed by atoms with Crippen molar-refractivity contribution in [3.63, 3.8) is 0 Å². The summed E-state index contributed by atoms with van der Waals surface area (Å²) in [5, 5.41) is 18.6. The quantitative estimate of drug-likeness (QED) is 0.609. The van der Waals surface area contributed by atoms with E-state index in [-0.39, 0.29) is 17.3 Å². The van der Waals surface area contributed by atoms with Crippen LogP contribution in [0, 0.1) is 0 Å². The van der Waals surface area contributed by atoms with Crippen molar-refractivity contribution in [2.24, 2.45) is 0 Å². The maximum absolute atomic E-state index is 12.3. The van der Waals surface area contributed by atoms with Crippen molar-refractivity contribution in [2.75, 3.05) is 10.6 Å². The van der Waals surface area contributed by atoms with E-state index in [0.717, 1.165) is 10.8 Å². The highest BCUT2D eigenvalue weighted by Gasteiger charge is 2.10. The third kappa shape index (κ3) is 3.80. The molecule has 1 aromatic heterocycles. The van der Waals surface area contributed by atoms with Gasteiger partial charge in [-0.3, -0.25) is 4.79 Å². The minimum absolute atomic E-state index is 0.0418. The van der Waals surface area contributed by atoms with E-state index in [4.69, 9.17) is 11.6 Å². The molecule has 0 fully saturated rings. The number of nitrogens with one attached hydrogen (secondary N) is 2. The van der Waals surface area contributed by atoms with E-state index in [0.29, 0.717) is 10.6 Å². The number of phenolic OH excluding ortho intramolecular Hbond substituents is 1. The van der Waals surface area contributed by atoms with E-state index in [2.05, 4.69) is 15.6 Å². The summed E-state index contributed by atoms with van der Waals surface area (Å²) < 4.78 is 0. The van der Waals surface area contributed by atoms with Gasteiger partial charge in [-0.2, -0.15) is 0 Å². The van der Waals surface area contributed by atoms with Crippen LogP contribution in [-0.2, 0) is 0 Å². The molecule has 3 rings (SSSR count). The first-order chi connectivity index (χ1) is 11.1. The number of phenols is 1. The molecule has 0 aliphatic rings. The molecule has 0 radical (unpaired) electrons. The second kappa shape index (κ2) is 6.68. The number of hydrogen-bond donors (Lipinski definition) is 3. The van der Waals surface area contributed by atoms with Gasteiger partial charge in [-0.25, -0.2) is 4.98 Å². The molecule has 0 spiro atoms. The molecule has 7 heteroatoms. The molecule has 3 aromatic rings. The number of carbonyl (C=O) groups excluding carboxylic acids is 1. The molecule has 0 atom stereocenters.